The number of aliphatic hydroxyl groups is 2. The molecule has 3 aromatic carbocycles. The van der Waals surface area contributed by atoms with E-state index in [4.69, 9.17) is 9.72 Å². The standard InChI is InChI=1S/C64H78F3N11O8S/c1-7-44-47(65)14-13-41-27-42(79)28-45(51(41)44)53-52(66)54-46(31-68-53)57(77-19-8-16-63(6,85)35-77)73-61(71-54)86-34-38-15-20-75(32-38)22-21-74-23-25-76(26-24-74)50(81)30-48(39-9-11-40(12-10-39)55-37(2)69-36-87-55)70-58(82)49-29-43(80)33-78(49)59(83)56(62(3,4)5)72-60(84)64(67)17-18-64/h9-14,27-28,31,36,38,43,48-49,56,79-80,85H,7-8,15-26,29-30,32-35H2,1-6H3,(H,70,82)(H,72,84)/t38?,43-,48+,49+,56-,63-/m1/s1. The summed E-state index contributed by atoms with van der Waals surface area (Å²) in [5.41, 5.74) is 0.839. The van der Waals surface area contributed by atoms with Crippen LogP contribution < -0.4 is 20.3 Å². The van der Waals surface area contributed by atoms with Crippen LogP contribution >= 0.6 is 11.3 Å². The van der Waals surface area contributed by atoms with Gasteiger partial charge >= 0.3 is 6.01 Å². The smallest absolute Gasteiger partial charge is 0.319 e. The summed E-state index contributed by atoms with van der Waals surface area (Å²) in [7, 11) is 0. The van der Waals surface area contributed by atoms with Crippen LogP contribution in [-0.4, -0.2) is 187 Å². The molecule has 1 unspecified atom stereocenters. The highest BCUT2D eigenvalue weighted by molar-refractivity contribution is 7.13. The fraction of sp³-hybridized carbons (Fsp3) is 0.531. The van der Waals surface area contributed by atoms with Gasteiger partial charge in [-0.1, -0.05) is 58.0 Å². The number of amides is 4. The number of rotatable bonds is 18. The number of aryl methyl sites for hydroxylation is 2. The molecule has 1 aliphatic carbocycles. The van der Waals surface area contributed by atoms with Gasteiger partial charge in [0.05, 0.1) is 52.2 Å². The van der Waals surface area contributed by atoms with Gasteiger partial charge in [0.15, 0.2) is 11.5 Å². The van der Waals surface area contributed by atoms with Crippen molar-refractivity contribution in [3.05, 3.63) is 88.7 Å². The molecule has 464 valence electrons. The Morgan fingerprint density at radius 3 is 2.36 bits per heavy atom. The first kappa shape index (κ1) is 61.6. The third-order valence-electron chi connectivity index (χ3n) is 18.0. The number of β-amino-alcohol motifs (C(OH)–C–C–N with tert-alkyl or cyclic N) is 2. The number of piperidine rings is 1. The van der Waals surface area contributed by atoms with Crippen molar-refractivity contribution in [2.75, 3.05) is 83.5 Å². The fourth-order valence-corrected chi connectivity index (χ4v) is 13.7. The third kappa shape index (κ3) is 13.4. The van der Waals surface area contributed by atoms with Crippen molar-refractivity contribution in [2.24, 2.45) is 11.3 Å². The number of carbonyl (C=O) groups excluding carboxylic acids is 4. The first-order valence-electron chi connectivity index (χ1n) is 30.4. The van der Waals surface area contributed by atoms with Crippen LogP contribution in [0.15, 0.2) is 60.2 Å². The molecule has 5 aliphatic rings. The van der Waals surface area contributed by atoms with E-state index in [1.807, 2.05) is 47.9 Å². The summed E-state index contributed by atoms with van der Waals surface area (Å²) in [6.45, 7) is 17.0. The van der Waals surface area contributed by atoms with E-state index in [0.29, 0.717) is 85.1 Å². The predicted octanol–water partition coefficient (Wildman–Crippen LogP) is 7.26. The zero-order chi connectivity index (χ0) is 61.7. The molecule has 1 saturated carbocycles. The Labute approximate surface area is 508 Å². The van der Waals surface area contributed by atoms with Gasteiger partial charge in [-0.05, 0) is 110 Å². The monoisotopic (exact) mass is 1220 g/mol. The summed E-state index contributed by atoms with van der Waals surface area (Å²) in [4.78, 5) is 85.1. The maximum absolute atomic E-state index is 17.2. The van der Waals surface area contributed by atoms with Crippen LogP contribution in [0.25, 0.3) is 43.4 Å². The van der Waals surface area contributed by atoms with Gasteiger partial charge in [-0.15, -0.1) is 11.3 Å². The second kappa shape index (κ2) is 24.8. The number of anilines is 1. The molecule has 19 nitrogen and oxygen atoms in total. The van der Waals surface area contributed by atoms with Gasteiger partial charge in [0.2, 0.25) is 17.7 Å². The number of ether oxygens (including phenoxy) is 1. The van der Waals surface area contributed by atoms with Crippen LogP contribution in [0.4, 0.5) is 19.0 Å². The summed E-state index contributed by atoms with van der Waals surface area (Å²) in [6.07, 6.45) is 2.92. The molecule has 6 aromatic rings. The maximum atomic E-state index is 17.2. The highest BCUT2D eigenvalue weighted by atomic mass is 32.1. The molecule has 0 bridgehead atoms. The summed E-state index contributed by atoms with van der Waals surface area (Å²) in [6, 6.07) is 10.3. The molecule has 6 atom stereocenters. The fourth-order valence-electron chi connectivity index (χ4n) is 12.9. The molecule has 87 heavy (non-hydrogen) atoms. The number of aliphatic hydroxyl groups excluding tert-OH is 1. The summed E-state index contributed by atoms with van der Waals surface area (Å²) < 4.78 is 53.6. The first-order valence-corrected chi connectivity index (χ1v) is 31.3. The number of halogens is 3. The van der Waals surface area contributed by atoms with E-state index in [1.165, 1.54) is 40.6 Å². The van der Waals surface area contributed by atoms with Crippen LogP contribution in [0.1, 0.15) is 102 Å². The molecule has 4 aliphatic heterocycles. The van der Waals surface area contributed by atoms with Gasteiger partial charge < -0.3 is 50.3 Å². The van der Waals surface area contributed by atoms with E-state index >= 15 is 8.78 Å². The van der Waals surface area contributed by atoms with Crippen molar-refractivity contribution in [3.63, 3.8) is 0 Å². The Morgan fingerprint density at radius 1 is 0.920 bits per heavy atom. The summed E-state index contributed by atoms with van der Waals surface area (Å²) in [5.74, 6) is -3.02. The third-order valence-corrected chi connectivity index (χ3v) is 19.0. The zero-order valence-electron chi connectivity index (χ0n) is 50.3. The normalized spacial score (nSPS) is 22.4. The number of hydrogen-bond acceptors (Lipinski definition) is 16. The number of likely N-dealkylation sites (tertiary alicyclic amines) is 2. The molecule has 0 spiro atoms. The largest absolute Gasteiger partial charge is 0.508 e. The van der Waals surface area contributed by atoms with E-state index in [9.17, 15) is 38.9 Å². The van der Waals surface area contributed by atoms with Gasteiger partial charge in [-0.25, -0.2) is 18.2 Å². The van der Waals surface area contributed by atoms with Crippen molar-refractivity contribution < 1.29 is 52.4 Å². The van der Waals surface area contributed by atoms with Gasteiger partial charge in [-0.2, -0.15) is 9.97 Å². The van der Waals surface area contributed by atoms with E-state index in [1.54, 1.807) is 39.3 Å². The SMILES string of the molecule is CCc1c(F)ccc2cc(O)cc(-c3ncc4c(N5CCC[C@@](C)(O)C5)nc(OCC5CCN(CCN6CCN(C(=O)C[C@H](NC(=O)[C@@H]7C[C@@H](O)CN7C(=O)[C@@H](NC(=O)C7(F)CC7)C(C)(C)C)c7ccc(-c8scnc8C)cc7)CC6)C5)nc4c3F)c12. The molecule has 5 N–H and O–H groups in total. The molecular weight excluding hydrogens is 1140 g/mol. The number of nitrogens with one attached hydrogen (secondary N) is 2. The molecule has 4 amide bonds. The minimum absolute atomic E-state index is 0.0216. The lowest BCUT2D eigenvalue weighted by Crippen LogP contribution is -2.59. The highest BCUT2D eigenvalue weighted by Crippen LogP contribution is 2.42. The quantitative estimate of drug-likeness (QED) is 0.0570. The molecular formula is C64H78F3N11O8S. The van der Waals surface area contributed by atoms with E-state index in [2.05, 4.69) is 35.4 Å². The van der Waals surface area contributed by atoms with Crippen LogP contribution in [0.5, 0.6) is 11.8 Å². The molecule has 0 radical (unpaired) electrons. The number of phenols is 1. The number of alkyl halides is 1. The Hall–Kier alpha value is -7.05. The van der Waals surface area contributed by atoms with Crippen LogP contribution in [0, 0.1) is 29.9 Å². The van der Waals surface area contributed by atoms with Crippen molar-refractivity contribution in [2.45, 2.75) is 128 Å². The minimum atomic E-state index is -2.02. The topological polar surface area (TPSA) is 230 Å². The molecule has 11 rings (SSSR count). The second-order valence-corrected chi connectivity index (χ2v) is 26.6. The van der Waals surface area contributed by atoms with Crippen LogP contribution in [0.3, 0.4) is 0 Å². The van der Waals surface area contributed by atoms with E-state index < -0.39 is 70.3 Å². The lowest BCUT2D eigenvalue weighted by molar-refractivity contribution is -0.145. The molecule has 4 saturated heterocycles. The van der Waals surface area contributed by atoms with Crippen LogP contribution in [-0.2, 0) is 25.6 Å². The van der Waals surface area contributed by atoms with Gasteiger partial charge in [0, 0.05) is 89.5 Å². The summed E-state index contributed by atoms with van der Waals surface area (Å²) >= 11 is 1.51. The number of piperazine rings is 1. The second-order valence-electron chi connectivity index (χ2n) is 25.8. The van der Waals surface area contributed by atoms with Crippen molar-refractivity contribution in [3.8, 4) is 33.5 Å². The number of carbonyl (C=O) groups is 4. The van der Waals surface area contributed by atoms with Gasteiger partial charge in [0.1, 0.15) is 40.7 Å². The number of pyridine rings is 1. The molecule has 7 heterocycles. The van der Waals surface area contributed by atoms with E-state index in [-0.39, 0.29) is 85.7 Å². The first-order chi connectivity index (χ1) is 41.4. The number of fused-ring (bicyclic) bond motifs is 2. The van der Waals surface area contributed by atoms with Crippen molar-refractivity contribution >= 4 is 62.5 Å². The number of aromatic nitrogens is 4. The number of benzene rings is 3. The number of thiazole rings is 1. The minimum Gasteiger partial charge on any atom is -0.508 e. The average molecular weight is 1220 g/mol. The lowest BCUT2D eigenvalue weighted by atomic mass is 9.85. The maximum Gasteiger partial charge on any atom is 0.319 e. The molecule has 5 fully saturated rings. The van der Waals surface area contributed by atoms with E-state index in [0.717, 1.165) is 48.7 Å². The zero-order valence-corrected chi connectivity index (χ0v) is 51.1. The number of aromatic hydroxyl groups is 1. The Balaban J connectivity index is 0.724. The highest BCUT2D eigenvalue weighted by Gasteiger charge is 2.53. The predicted molar refractivity (Wildman–Crippen MR) is 325 cm³/mol. The van der Waals surface area contributed by atoms with Gasteiger partial charge in [0.25, 0.3) is 5.91 Å². The summed E-state index contributed by atoms with van der Waals surface area (Å²) in [5, 5.41) is 39.8. The van der Waals surface area contributed by atoms with Crippen LogP contribution in [0.2, 0.25) is 0 Å². The Kier molecular flexibility index (Phi) is 17.6. The number of hydrogen-bond donors (Lipinski definition) is 5. The lowest BCUT2D eigenvalue weighted by Gasteiger charge is -2.37. The number of phenolic OH excluding ortho intramolecular Hbond substituents is 1. The molecule has 3 aromatic heterocycles. The molecule has 23 heteroatoms. The number of nitrogens with zero attached hydrogens (tertiary/aromatic N) is 9. The Morgan fingerprint density at radius 2 is 1.67 bits per heavy atom. The average Bonchev–Trinajstić information content (AvgIpc) is 1.89. The van der Waals surface area contributed by atoms with Gasteiger partial charge in [-0.3, -0.25) is 29.1 Å². The Bertz CT molecular complexity index is 3570. The van der Waals surface area contributed by atoms with Crippen molar-refractivity contribution in [1.29, 1.82) is 0 Å². The van der Waals surface area contributed by atoms with Crippen molar-refractivity contribution in [1.82, 2.24) is 50.2 Å².